The molecule has 0 saturated heterocycles. The molecule has 1 N–H and O–H groups in total. The number of Topliss-reactive ketones (excluding diaryl/α,β-unsaturated/α-hetero) is 2. The maximum absolute atomic E-state index is 12.0. The smallest absolute Gasteiger partial charge is 0.149 e. The lowest BCUT2D eigenvalue weighted by Gasteiger charge is -2.24. The number of hydrogen-bond donors (Lipinski definition) is 1. The summed E-state index contributed by atoms with van der Waals surface area (Å²) in [6.45, 7) is 0.136. The summed E-state index contributed by atoms with van der Waals surface area (Å²) in [5.41, 5.74) is 0.960. The fourth-order valence-corrected chi connectivity index (χ4v) is 2.49. The number of hydrogen-bond acceptors (Lipinski definition) is 4. The number of ketones is 2. The van der Waals surface area contributed by atoms with Gasteiger partial charge in [0.15, 0.2) is 0 Å². The third kappa shape index (κ3) is 3.52. The first-order chi connectivity index (χ1) is 9.61. The van der Waals surface area contributed by atoms with Gasteiger partial charge < -0.3 is 5.11 Å². The van der Waals surface area contributed by atoms with Crippen LogP contribution in [0.15, 0.2) is 29.3 Å². The standard InChI is InChI=1S/C15H16ClNO3/c16-12-3-1-10(2-4-12)11-7-14(19)13(15(20)8-11)9-17-5-6-18/h1-4,9,11,13,18H,5-8H2. The molecule has 4 nitrogen and oxygen atoms in total. The zero-order valence-electron chi connectivity index (χ0n) is 11.0. The van der Waals surface area contributed by atoms with Crippen LogP contribution in [0, 0.1) is 5.92 Å². The number of carbonyl (C=O) groups is 2. The van der Waals surface area contributed by atoms with Crippen molar-refractivity contribution in [1.82, 2.24) is 0 Å². The van der Waals surface area contributed by atoms with Crippen LogP contribution in [0.4, 0.5) is 0 Å². The van der Waals surface area contributed by atoms with E-state index in [1.165, 1.54) is 6.21 Å². The quantitative estimate of drug-likeness (QED) is 0.682. The fourth-order valence-electron chi connectivity index (χ4n) is 2.37. The Balaban J connectivity index is 2.07. The van der Waals surface area contributed by atoms with E-state index in [1.54, 1.807) is 12.1 Å². The van der Waals surface area contributed by atoms with Crippen molar-refractivity contribution in [1.29, 1.82) is 0 Å². The zero-order chi connectivity index (χ0) is 14.5. The van der Waals surface area contributed by atoms with Crippen molar-refractivity contribution in [3.8, 4) is 0 Å². The lowest BCUT2D eigenvalue weighted by atomic mass is 9.77. The number of aliphatic hydroxyl groups excluding tert-OH is 1. The number of benzene rings is 1. The molecule has 0 heterocycles. The highest BCUT2D eigenvalue weighted by Gasteiger charge is 2.34. The number of nitrogens with zero attached hydrogens (tertiary/aromatic N) is 1. The van der Waals surface area contributed by atoms with E-state index in [9.17, 15) is 9.59 Å². The molecule has 1 aromatic carbocycles. The predicted octanol–water partition coefficient (Wildman–Crippen LogP) is 2.03. The van der Waals surface area contributed by atoms with Crippen LogP contribution in [0.3, 0.4) is 0 Å². The predicted molar refractivity (Wildman–Crippen MR) is 77.4 cm³/mol. The zero-order valence-corrected chi connectivity index (χ0v) is 11.7. The largest absolute Gasteiger partial charge is 0.394 e. The van der Waals surface area contributed by atoms with E-state index >= 15 is 0 Å². The van der Waals surface area contributed by atoms with E-state index in [2.05, 4.69) is 4.99 Å². The van der Waals surface area contributed by atoms with Gasteiger partial charge in [-0.15, -0.1) is 0 Å². The Bertz CT molecular complexity index is 506. The summed E-state index contributed by atoms with van der Waals surface area (Å²) >= 11 is 5.83. The van der Waals surface area contributed by atoms with Crippen molar-refractivity contribution in [2.45, 2.75) is 18.8 Å². The number of rotatable bonds is 4. The molecule has 1 aromatic rings. The summed E-state index contributed by atoms with van der Waals surface area (Å²) in [7, 11) is 0. The molecule has 1 saturated carbocycles. The highest BCUT2D eigenvalue weighted by molar-refractivity contribution is 6.30. The van der Waals surface area contributed by atoms with Crippen molar-refractivity contribution in [2.75, 3.05) is 13.2 Å². The molecule has 106 valence electrons. The molecule has 0 amide bonds. The Hall–Kier alpha value is -1.52. The Morgan fingerprint density at radius 2 is 1.80 bits per heavy atom. The normalized spacial score (nSPS) is 23.5. The molecule has 5 heteroatoms. The van der Waals surface area contributed by atoms with E-state index in [0.717, 1.165) is 5.56 Å². The summed E-state index contributed by atoms with van der Waals surface area (Å²) in [6.07, 6.45) is 2.05. The molecule has 0 bridgehead atoms. The Morgan fingerprint density at radius 1 is 1.20 bits per heavy atom. The molecule has 0 aromatic heterocycles. The second-order valence-corrected chi connectivity index (χ2v) is 5.28. The van der Waals surface area contributed by atoms with Crippen LogP contribution in [0.1, 0.15) is 24.3 Å². The molecule has 0 spiro atoms. The number of halogens is 1. The maximum atomic E-state index is 12.0. The van der Waals surface area contributed by atoms with Gasteiger partial charge in [0.2, 0.25) is 0 Å². The van der Waals surface area contributed by atoms with E-state index in [-0.39, 0.29) is 30.6 Å². The lowest BCUT2D eigenvalue weighted by molar-refractivity contribution is -0.133. The monoisotopic (exact) mass is 293 g/mol. The highest BCUT2D eigenvalue weighted by Crippen LogP contribution is 2.31. The Labute approximate surface area is 122 Å². The van der Waals surface area contributed by atoms with E-state index in [0.29, 0.717) is 17.9 Å². The third-order valence-corrected chi connectivity index (χ3v) is 3.67. The van der Waals surface area contributed by atoms with Gasteiger partial charge >= 0.3 is 0 Å². The number of aliphatic imine (C=N–C) groups is 1. The summed E-state index contributed by atoms with van der Waals surface area (Å²) in [4.78, 5) is 28.0. The molecule has 20 heavy (non-hydrogen) atoms. The van der Waals surface area contributed by atoms with Gasteiger partial charge in [0.1, 0.15) is 17.5 Å². The SMILES string of the molecule is O=C1CC(c2ccc(Cl)cc2)CC(=O)C1C=NCCO. The van der Waals surface area contributed by atoms with Crippen LogP contribution >= 0.6 is 11.6 Å². The molecule has 1 aliphatic rings. The van der Waals surface area contributed by atoms with Gasteiger partial charge in [0.25, 0.3) is 0 Å². The van der Waals surface area contributed by atoms with Crippen LogP contribution in [0.2, 0.25) is 5.02 Å². The molecule has 0 aliphatic heterocycles. The van der Waals surface area contributed by atoms with Gasteiger partial charge in [0, 0.05) is 24.1 Å². The molecule has 0 atom stereocenters. The van der Waals surface area contributed by atoms with Crippen LogP contribution in [0.5, 0.6) is 0 Å². The van der Waals surface area contributed by atoms with Crippen LogP contribution in [-0.2, 0) is 9.59 Å². The van der Waals surface area contributed by atoms with Crippen molar-refractivity contribution < 1.29 is 14.7 Å². The van der Waals surface area contributed by atoms with Gasteiger partial charge in [0.05, 0.1) is 13.2 Å². The third-order valence-electron chi connectivity index (χ3n) is 3.41. The first-order valence-electron chi connectivity index (χ1n) is 6.53. The fraction of sp³-hybridized carbons (Fsp3) is 0.400. The molecule has 1 fully saturated rings. The summed E-state index contributed by atoms with van der Waals surface area (Å²) in [5.74, 6) is -1.04. The second kappa shape index (κ2) is 6.77. The summed E-state index contributed by atoms with van der Waals surface area (Å²) < 4.78 is 0. The average Bonchev–Trinajstić information content (AvgIpc) is 2.42. The molecule has 0 unspecified atom stereocenters. The maximum Gasteiger partial charge on any atom is 0.149 e. The lowest BCUT2D eigenvalue weighted by Crippen LogP contribution is -2.33. The molecule has 1 aliphatic carbocycles. The van der Waals surface area contributed by atoms with Gasteiger partial charge in [-0.1, -0.05) is 23.7 Å². The average molecular weight is 294 g/mol. The molecular formula is C15H16ClNO3. The first kappa shape index (κ1) is 14.9. The summed E-state index contributed by atoms with van der Waals surface area (Å²) in [6, 6.07) is 7.24. The van der Waals surface area contributed by atoms with E-state index < -0.39 is 5.92 Å². The summed E-state index contributed by atoms with van der Waals surface area (Å²) in [5, 5.41) is 9.28. The topological polar surface area (TPSA) is 66.7 Å². The first-order valence-corrected chi connectivity index (χ1v) is 6.91. The van der Waals surface area contributed by atoms with E-state index in [1.807, 2.05) is 12.1 Å². The highest BCUT2D eigenvalue weighted by atomic mass is 35.5. The molecular weight excluding hydrogens is 278 g/mol. The van der Waals surface area contributed by atoms with Crippen LogP contribution in [-0.4, -0.2) is 36.0 Å². The van der Waals surface area contributed by atoms with E-state index in [4.69, 9.17) is 16.7 Å². The van der Waals surface area contributed by atoms with Crippen LogP contribution < -0.4 is 0 Å². The van der Waals surface area contributed by atoms with Crippen molar-refractivity contribution in [3.63, 3.8) is 0 Å². The van der Waals surface area contributed by atoms with Gasteiger partial charge in [-0.3, -0.25) is 14.6 Å². The van der Waals surface area contributed by atoms with Crippen molar-refractivity contribution in [3.05, 3.63) is 34.9 Å². The van der Waals surface area contributed by atoms with Gasteiger partial charge in [-0.2, -0.15) is 0 Å². The molecule has 0 radical (unpaired) electrons. The minimum absolute atomic E-state index is 0.0743. The Kier molecular flexibility index (Phi) is 5.04. The van der Waals surface area contributed by atoms with Gasteiger partial charge in [-0.05, 0) is 23.6 Å². The number of aliphatic hydroxyl groups is 1. The Morgan fingerprint density at radius 3 is 2.35 bits per heavy atom. The minimum atomic E-state index is -0.745. The number of carbonyl (C=O) groups excluding carboxylic acids is 2. The van der Waals surface area contributed by atoms with Crippen molar-refractivity contribution in [2.24, 2.45) is 10.9 Å². The van der Waals surface area contributed by atoms with Crippen molar-refractivity contribution >= 4 is 29.4 Å². The van der Waals surface area contributed by atoms with Crippen LogP contribution in [0.25, 0.3) is 0 Å². The molecule has 2 rings (SSSR count). The second-order valence-electron chi connectivity index (χ2n) is 4.85. The minimum Gasteiger partial charge on any atom is -0.394 e. The van der Waals surface area contributed by atoms with Gasteiger partial charge in [-0.25, -0.2) is 0 Å².